The Morgan fingerprint density at radius 1 is 1.04 bits per heavy atom. The number of nitrogens with zero attached hydrogens (tertiary/aromatic N) is 2. The summed E-state index contributed by atoms with van der Waals surface area (Å²) in [6.45, 7) is 0. The number of halogens is 8. The third kappa shape index (κ3) is 2.77. The first-order valence-electron chi connectivity index (χ1n) is 5.45. The summed E-state index contributed by atoms with van der Waals surface area (Å²) in [5.41, 5.74) is -5.19. The molecular weight excluding hydrogens is 346 g/mol. The van der Waals surface area contributed by atoms with Crippen molar-refractivity contribution in [3.05, 3.63) is 33.6 Å². The highest BCUT2D eigenvalue weighted by Crippen LogP contribution is 2.44. The number of nitro groups is 1. The zero-order valence-electron chi connectivity index (χ0n) is 10.4. The minimum absolute atomic E-state index is 0.00130. The molecule has 1 heterocycles. The minimum Gasteiger partial charge on any atom is -0.336 e. The number of alkyl halides is 8. The predicted molar refractivity (Wildman–Crippen MR) is 57.7 cm³/mol. The number of nitrogens with one attached hydrogen (secondary N) is 1. The Labute approximate surface area is 120 Å². The standard InChI is InChI=1S/C10H3F8N3O2/c11-8(12,10(16,17)18)7-19-5-2-3(21(22)23)1-4(6(5)20-7)9(13,14)15/h1-2H,(H,19,20). The van der Waals surface area contributed by atoms with Gasteiger partial charge < -0.3 is 4.98 Å². The molecule has 2 rings (SSSR count). The van der Waals surface area contributed by atoms with Gasteiger partial charge in [-0.1, -0.05) is 0 Å². The number of aromatic amines is 1. The molecule has 0 radical (unpaired) electrons. The van der Waals surface area contributed by atoms with Crippen LogP contribution in [0.5, 0.6) is 0 Å². The molecule has 0 unspecified atom stereocenters. The molecule has 0 bridgehead atoms. The number of rotatable bonds is 2. The summed E-state index contributed by atoms with van der Waals surface area (Å²) in [5, 5.41) is 10.6. The third-order valence-corrected chi connectivity index (χ3v) is 2.74. The Morgan fingerprint density at radius 3 is 2.04 bits per heavy atom. The van der Waals surface area contributed by atoms with E-state index in [1.54, 1.807) is 0 Å². The fourth-order valence-electron chi connectivity index (χ4n) is 1.71. The minimum atomic E-state index is -6.11. The Morgan fingerprint density at radius 2 is 1.61 bits per heavy atom. The van der Waals surface area contributed by atoms with Gasteiger partial charge in [-0.3, -0.25) is 10.1 Å². The van der Waals surface area contributed by atoms with Crippen molar-refractivity contribution in [3.8, 4) is 0 Å². The predicted octanol–water partition coefficient (Wildman–Crippen LogP) is 4.14. The summed E-state index contributed by atoms with van der Waals surface area (Å²) in [6, 6.07) is 0.381. The van der Waals surface area contributed by atoms with Crippen molar-refractivity contribution in [2.45, 2.75) is 18.3 Å². The van der Waals surface area contributed by atoms with Gasteiger partial charge in [0.05, 0.1) is 16.0 Å². The molecule has 1 N–H and O–H groups in total. The van der Waals surface area contributed by atoms with Crippen molar-refractivity contribution in [2.24, 2.45) is 0 Å². The second kappa shape index (κ2) is 4.76. The molecule has 0 aliphatic rings. The van der Waals surface area contributed by atoms with Gasteiger partial charge in [-0.05, 0) is 0 Å². The first kappa shape index (κ1) is 16.9. The van der Waals surface area contributed by atoms with E-state index in [0.717, 1.165) is 0 Å². The monoisotopic (exact) mass is 349 g/mol. The SMILES string of the molecule is O=[N+]([O-])c1cc(C(F)(F)F)c2nc(C(F)(F)C(F)(F)F)[nH]c2c1. The molecule has 23 heavy (non-hydrogen) atoms. The van der Waals surface area contributed by atoms with Crippen LogP contribution in [0.25, 0.3) is 11.0 Å². The lowest BCUT2D eigenvalue weighted by Crippen LogP contribution is -2.34. The van der Waals surface area contributed by atoms with Crippen molar-refractivity contribution >= 4 is 16.7 Å². The van der Waals surface area contributed by atoms with Crippen LogP contribution in [0.15, 0.2) is 12.1 Å². The average molecular weight is 349 g/mol. The lowest BCUT2D eigenvalue weighted by atomic mass is 10.1. The number of nitro benzene ring substituents is 1. The lowest BCUT2D eigenvalue weighted by Gasteiger charge is -2.16. The van der Waals surface area contributed by atoms with Gasteiger partial charge in [-0.25, -0.2) is 4.98 Å². The van der Waals surface area contributed by atoms with Gasteiger partial charge >= 0.3 is 18.3 Å². The fraction of sp³-hybridized carbons (Fsp3) is 0.300. The molecule has 1 aromatic heterocycles. The molecule has 0 saturated heterocycles. The van der Waals surface area contributed by atoms with Crippen molar-refractivity contribution in [1.29, 1.82) is 0 Å². The topological polar surface area (TPSA) is 71.8 Å². The second-order valence-electron chi connectivity index (χ2n) is 4.30. The second-order valence-corrected chi connectivity index (χ2v) is 4.30. The molecule has 0 atom stereocenters. The van der Waals surface area contributed by atoms with Crippen LogP contribution in [0.2, 0.25) is 0 Å². The molecule has 0 fully saturated rings. The lowest BCUT2D eigenvalue weighted by molar-refractivity contribution is -0.385. The van der Waals surface area contributed by atoms with Gasteiger partial charge in [-0.2, -0.15) is 35.1 Å². The molecule has 2 aromatic rings. The van der Waals surface area contributed by atoms with Crippen LogP contribution >= 0.6 is 0 Å². The number of hydrogen-bond donors (Lipinski definition) is 1. The summed E-state index contributed by atoms with van der Waals surface area (Å²) in [5.74, 6) is -7.64. The molecule has 0 amide bonds. The molecule has 126 valence electrons. The maximum absolute atomic E-state index is 13.2. The summed E-state index contributed by atoms with van der Waals surface area (Å²) in [6.07, 6.45) is -11.4. The smallest absolute Gasteiger partial charge is 0.336 e. The summed E-state index contributed by atoms with van der Waals surface area (Å²) in [7, 11) is 0. The van der Waals surface area contributed by atoms with Crippen molar-refractivity contribution < 1.29 is 40.0 Å². The van der Waals surface area contributed by atoms with Gasteiger partial charge in [0, 0.05) is 12.1 Å². The van der Waals surface area contributed by atoms with E-state index >= 15 is 0 Å². The van der Waals surface area contributed by atoms with Crippen LogP contribution in [-0.2, 0) is 12.1 Å². The maximum atomic E-state index is 13.2. The highest BCUT2D eigenvalue weighted by atomic mass is 19.4. The molecule has 0 spiro atoms. The Balaban J connectivity index is 2.79. The van der Waals surface area contributed by atoms with E-state index in [1.165, 1.54) is 4.98 Å². The number of H-pyrrole nitrogens is 1. The normalized spacial score (nSPS) is 13.6. The Hall–Kier alpha value is -2.47. The Bertz CT molecular complexity index is 777. The summed E-state index contributed by atoms with van der Waals surface area (Å²) < 4.78 is 102. The van der Waals surface area contributed by atoms with Crippen molar-refractivity contribution in [3.63, 3.8) is 0 Å². The van der Waals surface area contributed by atoms with Crippen molar-refractivity contribution in [1.82, 2.24) is 9.97 Å². The van der Waals surface area contributed by atoms with E-state index in [4.69, 9.17) is 0 Å². The molecular formula is C10H3F8N3O2. The van der Waals surface area contributed by atoms with Gasteiger partial charge in [-0.15, -0.1) is 0 Å². The van der Waals surface area contributed by atoms with E-state index in [1.807, 2.05) is 0 Å². The highest BCUT2D eigenvalue weighted by molar-refractivity contribution is 5.82. The molecule has 5 nitrogen and oxygen atoms in total. The van der Waals surface area contributed by atoms with Crippen LogP contribution in [0.3, 0.4) is 0 Å². The van der Waals surface area contributed by atoms with Crippen LogP contribution in [0, 0.1) is 10.1 Å². The van der Waals surface area contributed by atoms with E-state index < -0.39 is 51.3 Å². The van der Waals surface area contributed by atoms with Crippen LogP contribution in [-0.4, -0.2) is 21.1 Å². The molecule has 1 aromatic carbocycles. The Kier molecular flexibility index (Phi) is 3.50. The fourth-order valence-corrected chi connectivity index (χ4v) is 1.71. The number of hydrogen-bond acceptors (Lipinski definition) is 3. The van der Waals surface area contributed by atoms with Gasteiger partial charge in [0.15, 0.2) is 5.82 Å². The largest absolute Gasteiger partial charge is 0.461 e. The van der Waals surface area contributed by atoms with Gasteiger partial charge in [0.1, 0.15) is 5.52 Å². The van der Waals surface area contributed by atoms with E-state index in [9.17, 15) is 45.2 Å². The molecule has 0 aliphatic carbocycles. The van der Waals surface area contributed by atoms with Crippen molar-refractivity contribution in [2.75, 3.05) is 0 Å². The molecule has 13 heteroatoms. The zero-order chi connectivity index (χ0) is 17.8. The zero-order valence-corrected chi connectivity index (χ0v) is 10.4. The van der Waals surface area contributed by atoms with Gasteiger partial charge in [0.2, 0.25) is 0 Å². The van der Waals surface area contributed by atoms with Crippen LogP contribution < -0.4 is 0 Å². The first-order valence-corrected chi connectivity index (χ1v) is 5.45. The first-order chi connectivity index (χ1) is 10.2. The van der Waals surface area contributed by atoms with E-state index in [-0.39, 0.29) is 6.07 Å². The number of imidazole rings is 1. The quantitative estimate of drug-likeness (QED) is 0.503. The average Bonchev–Trinajstić information content (AvgIpc) is 2.78. The number of benzene rings is 1. The van der Waals surface area contributed by atoms with E-state index in [2.05, 4.69) is 4.98 Å². The third-order valence-electron chi connectivity index (χ3n) is 2.74. The van der Waals surface area contributed by atoms with Crippen LogP contribution in [0.4, 0.5) is 40.8 Å². The highest BCUT2D eigenvalue weighted by Gasteiger charge is 2.61. The van der Waals surface area contributed by atoms with E-state index in [0.29, 0.717) is 6.07 Å². The number of fused-ring (bicyclic) bond motifs is 1. The summed E-state index contributed by atoms with van der Waals surface area (Å²) in [4.78, 5) is 13.3. The van der Waals surface area contributed by atoms with Gasteiger partial charge in [0.25, 0.3) is 5.69 Å². The number of aromatic nitrogens is 2. The summed E-state index contributed by atoms with van der Waals surface area (Å²) >= 11 is 0. The maximum Gasteiger partial charge on any atom is 0.461 e. The molecule has 0 saturated carbocycles. The molecule has 0 aliphatic heterocycles. The number of non-ortho nitro benzene ring substituents is 1. The van der Waals surface area contributed by atoms with Crippen LogP contribution in [0.1, 0.15) is 11.4 Å².